The van der Waals surface area contributed by atoms with Crippen LogP contribution in [-0.4, -0.2) is 103 Å². The summed E-state index contributed by atoms with van der Waals surface area (Å²) < 4.78 is 31.8. The van der Waals surface area contributed by atoms with Gasteiger partial charge in [0, 0.05) is 25.7 Å². The molecule has 38 heavy (non-hydrogen) atoms. The van der Waals surface area contributed by atoms with E-state index in [2.05, 4.69) is 10.1 Å². The van der Waals surface area contributed by atoms with Crippen LogP contribution in [0.2, 0.25) is 0 Å². The number of sulfonamides is 1. The number of methoxy groups -OCH3 is 1. The van der Waals surface area contributed by atoms with Crippen LogP contribution in [0.3, 0.4) is 0 Å². The number of amides is 2. The third kappa shape index (κ3) is 5.36. The van der Waals surface area contributed by atoms with E-state index in [0.29, 0.717) is 12.0 Å². The van der Waals surface area contributed by atoms with Crippen molar-refractivity contribution in [2.45, 2.75) is 49.1 Å². The first-order valence-electron chi connectivity index (χ1n) is 12.3. The van der Waals surface area contributed by atoms with E-state index in [-0.39, 0.29) is 57.2 Å². The number of ketones is 1. The van der Waals surface area contributed by atoms with Gasteiger partial charge in [0.15, 0.2) is 5.96 Å². The molecule has 4 rings (SSSR count). The SMILES string of the molecule is COC(=O)C(=O)C1(NC(=O)[C@@H]2CC[C@H]3CN(S(=O)(=O)Cc4ccccc4)CC(=O)N32)CCN(C(=N)N)CC1. The standard InChI is InChI=1S/C24H32N6O7S/c1-37-22(34)20(32)24(9-11-28(12-10-24)23(25)26)27-21(33)18-8-7-17-13-29(14-19(31)30(17)18)38(35,36)15-16-5-3-2-4-6-16/h2-6,17-18H,7-15H2,1H3,(H3,25,26)(H,27,33)/t17-,18-/m0/s1. The molecule has 1 aromatic carbocycles. The lowest BCUT2D eigenvalue weighted by atomic mass is 9.82. The lowest BCUT2D eigenvalue weighted by Crippen LogP contribution is -2.66. The number of nitrogens with two attached hydrogens (primary N) is 1. The molecule has 2 amide bonds. The van der Waals surface area contributed by atoms with Crippen LogP contribution in [0.15, 0.2) is 30.3 Å². The predicted octanol–water partition coefficient (Wildman–Crippen LogP) is -1.22. The molecule has 1 aromatic rings. The minimum atomic E-state index is -3.76. The quantitative estimate of drug-likeness (QED) is 0.163. The molecular weight excluding hydrogens is 516 g/mol. The summed E-state index contributed by atoms with van der Waals surface area (Å²) in [5.41, 5.74) is 4.60. The Morgan fingerprint density at radius 3 is 2.42 bits per heavy atom. The number of esters is 1. The number of guanidine groups is 1. The van der Waals surface area contributed by atoms with Gasteiger partial charge in [0.2, 0.25) is 21.8 Å². The van der Waals surface area contributed by atoms with Crippen LogP contribution in [-0.2, 0) is 39.7 Å². The molecule has 3 saturated heterocycles. The number of carbonyl (C=O) groups is 4. The highest BCUT2D eigenvalue weighted by Crippen LogP contribution is 2.32. The fourth-order valence-electron chi connectivity index (χ4n) is 5.46. The van der Waals surface area contributed by atoms with Crippen molar-refractivity contribution in [3.8, 4) is 0 Å². The van der Waals surface area contributed by atoms with Gasteiger partial charge in [-0.15, -0.1) is 0 Å². The number of carbonyl (C=O) groups excluding carboxylic acids is 4. The average molecular weight is 549 g/mol. The highest BCUT2D eigenvalue weighted by atomic mass is 32.2. The number of ether oxygens (including phenoxy) is 1. The average Bonchev–Trinajstić information content (AvgIpc) is 3.33. The fourth-order valence-corrected chi connectivity index (χ4v) is 6.97. The van der Waals surface area contributed by atoms with Crippen molar-refractivity contribution in [3.63, 3.8) is 0 Å². The van der Waals surface area contributed by atoms with E-state index < -0.39 is 51.2 Å². The van der Waals surface area contributed by atoms with Crippen molar-refractivity contribution < 1.29 is 32.3 Å². The topological polar surface area (TPSA) is 183 Å². The third-order valence-corrected chi connectivity index (χ3v) is 9.29. The van der Waals surface area contributed by atoms with Crippen LogP contribution in [0.1, 0.15) is 31.2 Å². The summed E-state index contributed by atoms with van der Waals surface area (Å²) in [5, 5.41) is 10.3. The monoisotopic (exact) mass is 548 g/mol. The molecule has 13 nitrogen and oxygen atoms in total. The minimum Gasteiger partial charge on any atom is -0.463 e. The van der Waals surface area contributed by atoms with Crippen LogP contribution in [0, 0.1) is 5.41 Å². The molecule has 3 aliphatic rings. The molecule has 3 aliphatic heterocycles. The van der Waals surface area contributed by atoms with Crippen LogP contribution in [0.4, 0.5) is 0 Å². The van der Waals surface area contributed by atoms with Crippen molar-refractivity contribution in [3.05, 3.63) is 35.9 Å². The number of nitrogens with zero attached hydrogens (tertiary/aromatic N) is 3. The van der Waals surface area contributed by atoms with Gasteiger partial charge in [0.05, 0.1) is 19.4 Å². The number of likely N-dealkylation sites (tertiary alicyclic amines) is 1. The van der Waals surface area contributed by atoms with E-state index in [1.165, 1.54) is 14.1 Å². The lowest BCUT2D eigenvalue weighted by Gasteiger charge is -2.42. The minimum absolute atomic E-state index is 0.0296. The molecule has 4 N–H and O–H groups in total. The second-order valence-electron chi connectivity index (χ2n) is 9.85. The molecule has 0 aromatic heterocycles. The van der Waals surface area contributed by atoms with Crippen LogP contribution < -0.4 is 11.1 Å². The number of nitrogens with one attached hydrogen (secondary N) is 2. The summed E-state index contributed by atoms with van der Waals surface area (Å²) in [7, 11) is -2.68. The number of fused-ring (bicyclic) bond motifs is 1. The second-order valence-corrected chi connectivity index (χ2v) is 11.8. The Bertz CT molecular complexity index is 1230. The molecule has 0 spiro atoms. The summed E-state index contributed by atoms with van der Waals surface area (Å²) in [6.45, 7) is 0.0325. The van der Waals surface area contributed by atoms with E-state index >= 15 is 0 Å². The Balaban J connectivity index is 1.47. The van der Waals surface area contributed by atoms with Crippen LogP contribution in [0.5, 0.6) is 0 Å². The summed E-state index contributed by atoms with van der Waals surface area (Å²) in [6.07, 6.45) is 0.762. The molecular formula is C24H32N6O7S. The van der Waals surface area contributed by atoms with E-state index in [1.807, 2.05) is 0 Å². The molecule has 3 fully saturated rings. The van der Waals surface area contributed by atoms with Crippen molar-refractivity contribution in [2.75, 3.05) is 33.3 Å². The Morgan fingerprint density at radius 1 is 1.16 bits per heavy atom. The second kappa shape index (κ2) is 10.7. The van der Waals surface area contributed by atoms with Gasteiger partial charge < -0.3 is 25.6 Å². The lowest BCUT2D eigenvalue weighted by molar-refractivity contribution is -0.157. The van der Waals surface area contributed by atoms with E-state index in [4.69, 9.17) is 11.1 Å². The van der Waals surface area contributed by atoms with Gasteiger partial charge in [-0.1, -0.05) is 30.3 Å². The number of piperazine rings is 1. The van der Waals surface area contributed by atoms with Crippen LogP contribution in [0.25, 0.3) is 0 Å². The first-order valence-corrected chi connectivity index (χ1v) is 13.9. The van der Waals surface area contributed by atoms with E-state index in [0.717, 1.165) is 7.11 Å². The fraction of sp³-hybridized carbons (Fsp3) is 0.542. The van der Waals surface area contributed by atoms with Gasteiger partial charge in [-0.05, 0) is 31.2 Å². The van der Waals surface area contributed by atoms with Crippen molar-refractivity contribution in [1.29, 1.82) is 5.41 Å². The van der Waals surface area contributed by atoms with Gasteiger partial charge in [0.1, 0.15) is 11.6 Å². The summed E-state index contributed by atoms with van der Waals surface area (Å²) in [5.74, 6) is -3.49. The molecule has 0 aliphatic carbocycles. The molecule has 0 bridgehead atoms. The summed E-state index contributed by atoms with van der Waals surface area (Å²) in [4.78, 5) is 54.6. The van der Waals surface area contributed by atoms with Gasteiger partial charge in [-0.25, -0.2) is 13.2 Å². The van der Waals surface area contributed by atoms with Crippen molar-refractivity contribution in [2.24, 2.45) is 5.73 Å². The maximum absolute atomic E-state index is 13.4. The molecule has 206 valence electrons. The number of piperidine rings is 1. The van der Waals surface area contributed by atoms with Gasteiger partial charge in [0.25, 0.3) is 5.78 Å². The first-order chi connectivity index (χ1) is 18.0. The normalized spacial score (nSPS) is 23.4. The number of Topliss-reactive ketones (excluding diaryl/α,β-unsaturated/α-hetero) is 1. The first kappa shape index (κ1) is 27.5. The zero-order valence-electron chi connectivity index (χ0n) is 21.1. The Morgan fingerprint density at radius 2 is 1.82 bits per heavy atom. The highest BCUT2D eigenvalue weighted by molar-refractivity contribution is 7.88. The number of benzene rings is 1. The summed E-state index contributed by atoms with van der Waals surface area (Å²) in [6, 6.07) is 7.31. The maximum Gasteiger partial charge on any atom is 0.376 e. The maximum atomic E-state index is 13.4. The number of rotatable bonds is 7. The van der Waals surface area contributed by atoms with Crippen molar-refractivity contribution >= 4 is 39.5 Å². The largest absolute Gasteiger partial charge is 0.463 e. The third-order valence-electron chi connectivity index (χ3n) is 7.53. The molecule has 0 saturated carbocycles. The highest BCUT2D eigenvalue weighted by Gasteiger charge is 2.51. The number of hydrogen-bond donors (Lipinski definition) is 3. The van der Waals surface area contributed by atoms with E-state index in [1.54, 1.807) is 30.3 Å². The van der Waals surface area contributed by atoms with Gasteiger partial charge >= 0.3 is 5.97 Å². The molecule has 2 atom stereocenters. The number of hydrogen-bond acceptors (Lipinski definition) is 8. The zero-order chi connectivity index (χ0) is 27.7. The van der Waals surface area contributed by atoms with Gasteiger partial charge in [-0.3, -0.25) is 19.8 Å². The Labute approximate surface area is 220 Å². The molecule has 0 unspecified atom stereocenters. The zero-order valence-corrected chi connectivity index (χ0v) is 21.9. The predicted molar refractivity (Wildman–Crippen MR) is 135 cm³/mol. The van der Waals surface area contributed by atoms with Gasteiger partial charge in [-0.2, -0.15) is 4.31 Å². The van der Waals surface area contributed by atoms with E-state index in [9.17, 15) is 27.6 Å². The molecule has 14 heteroatoms. The molecule has 3 heterocycles. The Kier molecular flexibility index (Phi) is 7.74. The van der Waals surface area contributed by atoms with Crippen LogP contribution >= 0.6 is 0 Å². The summed E-state index contributed by atoms with van der Waals surface area (Å²) >= 11 is 0. The van der Waals surface area contributed by atoms with Crippen molar-refractivity contribution in [1.82, 2.24) is 19.4 Å². The molecule has 0 radical (unpaired) electrons. The smallest absolute Gasteiger partial charge is 0.376 e. The Hall–Kier alpha value is -3.52.